The van der Waals surface area contributed by atoms with Crippen molar-refractivity contribution >= 4 is 71.2 Å². The highest BCUT2D eigenvalue weighted by atomic mass is 79.9. The molecule has 0 heterocycles. The molecule has 0 spiro atoms. The number of rotatable bonds is 14. The second-order valence-corrected chi connectivity index (χ2v) is 10.9. The molecular weight excluding hydrogens is 616 g/mol. The van der Waals surface area contributed by atoms with Gasteiger partial charge in [0.1, 0.15) is 0 Å². The number of hydrogen-bond donors (Lipinski definition) is 4. The summed E-state index contributed by atoms with van der Waals surface area (Å²) in [5, 5.41) is 11.7. The number of anilines is 2. The minimum Gasteiger partial charge on any atom is -0.338 e. The third-order valence-corrected chi connectivity index (χ3v) is 7.88. The van der Waals surface area contributed by atoms with E-state index < -0.39 is 0 Å². The molecule has 4 amide bonds. The van der Waals surface area contributed by atoms with Crippen molar-refractivity contribution in [2.75, 3.05) is 23.7 Å². The summed E-state index contributed by atoms with van der Waals surface area (Å²) in [5.41, 5.74) is 1.11. The van der Waals surface area contributed by atoms with E-state index >= 15 is 0 Å². The lowest BCUT2D eigenvalue weighted by Gasteiger charge is -2.19. The SMILES string of the molecule is CCCCC(CC)CNC(=O)Nc1c(Br)cc(Br)c(NC(=O)NCC(CC)CCCC)c1Br. The van der Waals surface area contributed by atoms with Gasteiger partial charge in [-0.25, -0.2) is 9.59 Å². The highest BCUT2D eigenvalue weighted by Crippen LogP contribution is 2.42. The van der Waals surface area contributed by atoms with Crippen molar-refractivity contribution in [1.29, 1.82) is 0 Å². The highest BCUT2D eigenvalue weighted by molar-refractivity contribution is 9.11. The second-order valence-electron chi connectivity index (χ2n) is 8.41. The summed E-state index contributed by atoms with van der Waals surface area (Å²) in [6.07, 6.45) is 8.93. The van der Waals surface area contributed by atoms with Gasteiger partial charge in [0.25, 0.3) is 0 Å². The van der Waals surface area contributed by atoms with Crippen molar-refractivity contribution in [3.8, 4) is 0 Å². The Hall–Kier alpha value is -0.800. The van der Waals surface area contributed by atoms with Gasteiger partial charge in [0.2, 0.25) is 0 Å². The van der Waals surface area contributed by atoms with E-state index in [4.69, 9.17) is 0 Å². The van der Waals surface area contributed by atoms with Crippen molar-refractivity contribution in [3.63, 3.8) is 0 Å². The molecule has 0 radical (unpaired) electrons. The number of carbonyl (C=O) groups excluding carboxylic acids is 2. The highest BCUT2D eigenvalue weighted by Gasteiger charge is 2.19. The van der Waals surface area contributed by atoms with Crippen molar-refractivity contribution < 1.29 is 9.59 Å². The molecule has 2 unspecified atom stereocenters. The molecule has 2 atom stereocenters. The Labute approximate surface area is 224 Å². The van der Waals surface area contributed by atoms with Crippen molar-refractivity contribution in [2.24, 2.45) is 11.8 Å². The summed E-state index contributed by atoms with van der Waals surface area (Å²) in [7, 11) is 0. The molecule has 0 aliphatic carbocycles. The summed E-state index contributed by atoms with van der Waals surface area (Å²) in [6.45, 7) is 9.93. The first-order chi connectivity index (χ1) is 15.8. The number of carbonyl (C=O) groups is 2. The normalized spacial score (nSPS) is 12.7. The minimum atomic E-state index is -0.272. The number of unbranched alkanes of at least 4 members (excludes halogenated alkanes) is 2. The first kappa shape index (κ1) is 30.2. The summed E-state index contributed by atoms with van der Waals surface area (Å²) >= 11 is 10.6. The van der Waals surface area contributed by atoms with Crippen LogP contribution < -0.4 is 21.3 Å². The molecular formula is C24H39Br3N4O2. The van der Waals surface area contributed by atoms with E-state index in [2.05, 4.69) is 96.8 Å². The van der Waals surface area contributed by atoms with Crippen LogP contribution in [0, 0.1) is 11.8 Å². The maximum atomic E-state index is 12.6. The van der Waals surface area contributed by atoms with Gasteiger partial charge < -0.3 is 21.3 Å². The van der Waals surface area contributed by atoms with Crippen LogP contribution in [-0.2, 0) is 0 Å². The molecule has 0 fully saturated rings. The Morgan fingerprint density at radius 1 is 0.758 bits per heavy atom. The smallest absolute Gasteiger partial charge is 0.319 e. The van der Waals surface area contributed by atoms with Gasteiger partial charge in [-0.1, -0.05) is 66.2 Å². The number of urea groups is 2. The minimum absolute atomic E-state index is 0.272. The van der Waals surface area contributed by atoms with Crippen LogP contribution in [-0.4, -0.2) is 25.2 Å². The first-order valence-corrected chi connectivity index (χ1v) is 14.4. The molecule has 33 heavy (non-hydrogen) atoms. The van der Waals surface area contributed by atoms with Gasteiger partial charge >= 0.3 is 12.1 Å². The molecule has 0 saturated carbocycles. The molecule has 0 aliphatic rings. The number of amides is 4. The quantitative estimate of drug-likeness (QED) is 0.162. The molecule has 6 nitrogen and oxygen atoms in total. The van der Waals surface area contributed by atoms with E-state index in [9.17, 15) is 9.59 Å². The fourth-order valence-electron chi connectivity index (χ4n) is 3.50. The third kappa shape index (κ3) is 11.0. The molecule has 0 aliphatic heterocycles. The third-order valence-electron chi connectivity index (χ3n) is 5.84. The summed E-state index contributed by atoms with van der Waals surface area (Å²) in [4.78, 5) is 25.1. The zero-order chi connectivity index (χ0) is 24.8. The lowest BCUT2D eigenvalue weighted by molar-refractivity contribution is 0.248. The fourth-order valence-corrected chi connectivity index (χ4v) is 6.01. The van der Waals surface area contributed by atoms with E-state index in [-0.39, 0.29) is 12.1 Å². The monoisotopic (exact) mass is 652 g/mol. The predicted octanol–water partition coefficient (Wildman–Crippen LogP) is 8.65. The fraction of sp³-hybridized carbons (Fsp3) is 0.667. The molecule has 0 bridgehead atoms. The van der Waals surface area contributed by atoms with Gasteiger partial charge in [-0.05, 0) is 78.5 Å². The standard InChI is InChI=1S/C24H39Br3N4O2/c1-5-9-11-16(7-3)14-28-23(32)30-21-18(25)13-19(26)22(20(21)27)31-24(33)29-15-17(8-4)12-10-6-2/h13,16-17H,5-12,14-15H2,1-4H3,(H2,28,30,32)(H2,29,31,33). The molecule has 0 aromatic heterocycles. The Kier molecular flexibility index (Phi) is 15.4. The van der Waals surface area contributed by atoms with Crippen LogP contribution >= 0.6 is 47.8 Å². The van der Waals surface area contributed by atoms with Gasteiger partial charge in [-0.2, -0.15) is 0 Å². The van der Waals surface area contributed by atoms with E-state index in [1.54, 1.807) is 0 Å². The van der Waals surface area contributed by atoms with Crippen LogP contribution in [0.4, 0.5) is 21.0 Å². The Bertz CT molecular complexity index is 703. The predicted molar refractivity (Wildman–Crippen MR) is 150 cm³/mol. The van der Waals surface area contributed by atoms with Gasteiger partial charge in [0.15, 0.2) is 0 Å². The number of halogens is 3. The maximum absolute atomic E-state index is 12.6. The number of benzene rings is 1. The molecule has 9 heteroatoms. The molecule has 4 N–H and O–H groups in total. The van der Waals surface area contributed by atoms with Crippen molar-refractivity contribution in [2.45, 2.75) is 79.1 Å². The van der Waals surface area contributed by atoms with Gasteiger partial charge in [-0.3, -0.25) is 0 Å². The van der Waals surface area contributed by atoms with E-state index in [0.29, 0.717) is 49.7 Å². The maximum Gasteiger partial charge on any atom is 0.319 e. The average Bonchev–Trinajstić information content (AvgIpc) is 2.79. The summed E-state index contributed by atoms with van der Waals surface area (Å²) < 4.78 is 1.99. The largest absolute Gasteiger partial charge is 0.338 e. The van der Waals surface area contributed by atoms with E-state index in [1.165, 1.54) is 12.8 Å². The Morgan fingerprint density at radius 3 is 1.48 bits per heavy atom. The van der Waals surface area contributed by atoms with Gasteiger partial charge in [0.05, 0.1) is 15.8 Å². The van der Waals surface area contributed by atoms with Crippen LogP contribution in [0.1, 0.15) is 79.1 Å². The van der Waals surface area contributed by atoms with E-state index in [0.717, 1.165) is 38.5 Å². The molecule has 188 valence electrons. The van der Waals surface area contributed by atoms with E-state index in [1.807, 2.05) is 6.07 Å². The van der Waals surface area contributed by atoms with Crippen LogP contribution in [0.15, 0.2) is 19.5 Å². The molecule has 0 saturated heterocycles. The average molecular weight is 655 g/mol. The van der Waals surface area contributed by atoms with Crippen molar-refractivity contribution in [3.05, 3.63) is 19.5 Å². The number of hydrogen-bond acceptors (Lipinski definition) is 2. The van der Waals surface area contributed by atoms with Gasteiger partial charge in [0, 0.05) is 22.0 Å². The van der Waals surface area contributed by atoms with Crippen LogP contribution in [0.2, 0.25) is 0 Å². The Morgan fingerprint density at radius 2 is 1.15 bits per heavy atom. The van der Waals surface area contributed by atoms with Crippen LogP contribution in [0.3, 0.4) is 0 Å². The van der Waals surface area contributed by atoms with Gasteiger partial charge in [-0.15, -0.1) is 0 Å². The lowest BCUT2D eigenvalue weighted by Crippen LogP contribution is -2.34. The molecule has 1 aromatic rings. The van der Waals surface area contributed by atoms with Crippen LogP contribution in [0.25, 0.3) is 0 Å². The first-order valence-electron chi connectivity index (χ1n) is 12.0. The van der Waals surface area contributed by atoms with Crippen LogP contribution in [0.5, 0.6) is 0 Å². The second kappa shape index (κ2) is 16.8. The zero-order valence-electron chi connectivity index (χ0n) is 20.3. The summed E-state index contributed by atoms with van der Waals surface area (Å²) in [6, 6.07) is 1.26. The van der Waals surface area contributed by atoms with Crippen molar-refractivity contribution in [1.82, 2.24) is 10.6 Å². The lowest BCUT2D eigenvalue weighted by atomic mass is 9.99. The Balaban J connectivity index is 2.79. The number of nitrogens with one attached hydrogen (secondary N) is 4. The molecule has 1 rings (SSSR count). The zero-order valence-corrected chi connectivity index (χ0v) is 25.0. The summed E-state index contributed by atoms with van der Waals surface area (Å²) in [5.74, 6) is 0.940. The topological polar surface area (TPSA) is 82.3 Å². The molecule has 1 aromatic carbocycles.